The zero-order valence-electron chi connectivity index (χ0n) is 8.12. The Morgan fingerprint density at radius 2 is 2.14 bits per heavy atom. The number of aliphatic hydroxyl groups is 1. The van der Waals surface area contributed by atoms with Gasteiger partial charge in [0.1, 0.15) is 0 Å². The molecule has 1 saturated carbocycles. The summed E-state index contributed by atoms with van der Waals surface area (Å²) in [5.41, 5.74) is 2.13. The molecule has 3 rings (SSSR count). The van der Waals surface area contributed by atoms with E-state index in [9.17, 15) is 5.11 Å². The van der Waals surface area contributed by atoms with Crippen molar-refractivity contribution in [3.05, 3.63) is 29.3 Å². The molecule has 1 heterocycles. The number of benzene rings is 1. The smallest absolute Gasteiger partial charge is 0.0899 e. The topological polar surface area (TPSA) is 20.2 Å². The Bertz CT molecular complexity index is 369. The normalized spacial score (nSPS) is 22.9. The van der Waals surface area contributed by atoms with Crippen molar-refractivity contribution in [3.8, 4) is 0 Å². The third-order valence-corrected chi connectivity index (χ3v) is 4.36. The van der Waals surface area contributed by atoms with Gasteiger partial charge in [0.25, 0.3) is 0 Å². The molecule has 0 unspecified atom stereocenters. The van der Waals surface area contributed by atoms with Crippen LogP contribution in [-0.4, -0.2) is 10.9 Å². The highest BCUT2D eigenvalue weighted by atomic mass is 32.2. The first-order valence-electron chi connectivity index (χ1n) is 5.27. The summed E-state index contributed by atoms with van der Waals surface area (Å²) in [6.07, 6.45) is 4.38. The highest BCUT2D eigenvalue weighted by Gasteiger charge is 2.42. The van der Waals surface area contributed by atoms with Crippen LogP contribution in [0.15, 0.2) is 23.1 Å². The van der Waals surface area contributed by atoms with Gasteiger partial charge in [-0.3, -0.25) is 0 Å². The first-order chi connectivity index (χ1) is 6.78. The van der Waals surface area contributed by atoms with Gasteiger partial charge in [0.15, 0.2) is 0 Å². The average Bonchev–Trinajstić information content (AvgIpc) is 2.97. The van der Waals surface area contributed by atoms with Crippen molar-refractivity contribution < 1.29 is 5.11 Å². The maximum absolute atomic E-state index is 9.99. The fraction of sp³-hybridized carbons (Fsp3) is 0.500. The van der Waals surface area contributed by atoms with E-state index in [0.717, 1.165) is 18.4 Å². The third-order valence-electron chi connectivity index (χ3n) is 3.18. The van der Waals surface area contributed by atoms with Crippen LogP contribution in [0.4, 0.5) is 0 Å². The Morgan fingerprint density at radius 3 is 2.93 bits per heavy atom. The molecule has 0 aromatic heterocycles. The number of hydrogen-bond acceptors (Lipinski definition) is 2. The minimum absolute atomic E-state index is 0.465. The largest absolute Gasteiger partial charge is 0.385 e. The zero-order valence-corrected chi connectivity index (χ0v) is 8.94. The predicted octanol–water partition coefficient (Wildman–Crippen LogP) is 2.71. The van der Waals surface area contributed by atoms with Crippen LogP contribution in [0, 0.1) is 0 Å². The molecule has 1 fully saturated rings. The van der Waals surface area contributed by atoms with Gasteiger partial charge < -0.3 is 5.11 Å². The quantitative estimate of drug-likeness (QED) is 0.762. The van der Waals surface area contributed by atoms with Crippen molar-refractivity contribution in [2.75, 3.05) is 5.75 Å². The average molecular weight is 206 g/mol. The van der Waals surface area contributed by atoms with E-state index < -0.39 is 5.60 Å². The summed E-state index contributed by atoms with van der Waals surface area (Å²) in [5, 5.41) is 9.99. The molecule has 14 heavy (non-hydrogen) atoms. The van der Waals surface area contributed by atoms with Gasteiger partial charge in [-0.15, -0.1) is 11.8 Å². The van der Waals surface area contributed by atoms with Gasteiger partial charge >= 0.3 is 0 Å². The lowest BCUT2D eigenvalue weighted by molar-refractivity contribution is 0.151. The fourth-order valence-corrected chi connectivity index (χ4v) is 3.11. The van der Waals surface area contributed by atoms with Crippen molar-refractivity contribution >= 4 is 11.8 Å². The van der Waals surface area contributed by atoms with E-state index in [-0.39, 0.29) is 0 Å². The van der Waals surface area contributed by atoms with Gasteiger partial charge in [-0.1, -0.05) is 12.1 Å². The molecule has 74 valence electrons. The Morgan fingerprint density at radius 1 is 1.29 bits per heavy atom. The molecule has 1 aliphatic heterocycles. The minimum atomic E-state index is -0.465. The lowest BCUT2D eigenvalue weighted by atomic mass is 10.0. The van der Waals surface area contributed by atoms with Crippen LogP contribution in [0.3, 0.4) is 0 Å². The second-order valence-corrected chi connectivity index (χ2v) is 5.44. The molecule has 0 radical (unpaired) electrons. The molecule has 2 aliphatic rings. The molecule has 2 heteroatoms. The summed E-state index contributed by atoms with van der Waals surface area (Å²) in [7, 11) is 0. The van der Waals surface area contributed by atoms with Crippen molar-refractivity contribution in [1.29, 1.82) is 0 Å². The molecule has 1 aromatic rings. The van der Waals surface area contributed by atoms with E-state index in [1.54, 1.807) is 0 Å². The Kier molecular flexibility index (Phi) is 1.89. The predicted molar refractivity (Wildman–Crippen MR) is 58.6 cm³/mol. The van der Waals surface area contributed by atoms with Crippen LogP contribution in [0.5, 0.6) is 0 Å². The van der Waals surface area contributed by atoms with Crippen LogP contribution < -0.4 is 0 Å². The van der Waals surface area contributed by atoms with E-state index in [2.05, 4.69) is 18.2 Å². The minimum Gasteiger partial charge on any atom is -0.385 e. The summed E-state index contributed by atoms with van der Waals surface area (Å²) in [4.78, 5) is 1.40. The molecule has 1 N–H and O–H groups in total. The van der Waals surface area contributed by atoms with Crippen LogP contribution in [0.2, 0.25) is 0 Å². The van der Waals surface area contributed by atoms with Crippen LogP contribution in [0.25, 0.3) is 0 Å². The molecule has 0 spiro atoms. The number of thioether (sulfide) groups is 1. The van der Waals surface area contributed by atoms with Gasteiger partial charge in [0.2, 0.25) is 0 Å². The van der Waals surface area contributed by atoms with E-state index in [1.165, 1.54) is 29.1 Å². The summed E-state index contributed by atoms with van der Waals surface area (Å²) in [6.45, 7) is 0. The van der Waals surface area contributed by atoms with Gasteiger partial charge in [-0.2, -0.15) is 0 Å². The molecule has 0 amide bonds. The summed E-state index contributed by atoms with van der Waals surface area (Å²) in [5.74, 6) is 1.23. The molecule has 1 aliphatic carbocycles. The summed E-state index contributed by atoms with van der Waals surface area (Å²) >= 11 is 1.94. The Hall–Kier alpha value is -0.470. The van der Waals surface area contributed by atoms with Crippen molar-refractivity contribution in [2.45, 2.75) is 36.2 Å². The molecule has 0 saturated heterocycles. The van der Waals surface area contributed by atoms with E-state index in [4.69, 9.17) is 0 Å². The summed E-state index contributed by atoms with van der Waals surface area (Å²) < 4.78 is 0. The lowest BCUT2D eigenvalue weighted by Gasteiger charge is -2.17. The van der Waals surface area contributed by atoms with Crippen LogP contribution in [0.1, 0.15) is 30.4 Å². The SMILES string of the molecule is OC1(c2ccc3c(c2)SCCC3)CC1. The summed E-state index contributed by atoms with van der Waals surface area (Å²) in [6, 6.07) is 6.51. The molecule has 0 atom stereocenters. The maximum atomic E-state index is 9.99. The number of fused-ring (bicyclic) bond motifs is 1. The zero-order chi connectivity index (χ0) is 9.60. The van der Waals surface area contributed by atoms with E-state index in [0.29, 0.717) is 0 Å². The molecule has 1 aromatic carbocycles. The number of aryl methyl sites for hydroxylation is 1. The number of rotatable bonds is 1. The standard InChI is InChI=1S/C12H14OS/c13-12(5-6-12)10-4-3-9-2-1-7-14-11(9)8-10/h3-4,8,13H,1-2,5-7H2. The highest BCUT2D eigenvalue weighted by Crippen LogP contribution is 2.46. The molecular weight excluding hydrogens is 192 g/mol. The first kappa shape index (κ1) is 8.81. The van der Waals surface area contributed by atoms with Gasteiger partial charge in [0, 0.05) is 4.90 Å². The van der Waals surface area contributed by atoms with E-state index >= 15 is 0 Å². The van der Waals surface area contributed by atoms with Crippen LogP contribution >= 0.6 is 11.8 Å². The first-order valence-corrected chi connectivity index (χ1v) is 6.25. The van der Waals surface area contributed by atoms with Gasteiger partial charge in [-0.25, -0.2) is 0 Å². The second kappa shape index (κ2) is 3.01. The van der Waals surface area contributed by atoms with E-state index in [1.807, 2.05) is 11.8 Å². The highest BCUT2D eigenvalue weighted by molar-refractivity contribution is 7.99. The van der Waals surface area contributed by atoms with Crippen molar-refractivity contribution in [1.82, 2.24) is 0 Å². The molecular formula is C12H14OS. The van der Waals surface area contributed by atoms with Gasteiger partial charge in [-0.05, 0) is 48.6 Å². The van der Waals surface area contributed by atoms with Gasteiger partial charge in [0.05, 0.1) is 5.60 Å². The maximum Gasteiger partial charge on any atom is 0.0899 e. The van der Waals surface area contributed by atoms with Crippen molar-refractivity contribution in [3.63, 3.8) is 0 Å². The third kappa shape index (κ3) is 1.37. The Labute approximate surface area is 88.5 Å². The van der Waals surface area contributed by atoms with Crippen LogP contribution in [-0.2, 0) is 12.0 Å². The fourth-order valence-electron chi connectivity index (χ4n) is 2.04. The molecule has 1 nitrogen and oxygen atoms in total. The Balaban J connectivity index is 2.01. The lowest BCUT2D eigenvalue weighted by Crippen LogP contribution is -2.06. The van der Waals surface area contributed by atoms with Crippen molar-refractivity contribution in [2.24, 2.45) is 0 Å². The number of hydrogen-bond donors (Lipinski definition) is 1. The molecule has 0 bridgehead atoms. The monoisotopic (exact) mass is 206 g/mol. The second-order valence-electron chi connectivity index (χ2n) is 4.31.